The molecule has 0 saturated carbocycles. The fourth-order valence-corrected chi connectivity index (χ4v) is 2.28. The van der Waals surface area contributed by atoms with Crippen LogP contribution in [0.15, 0.2) is 53.3 Å². The van der Waals surface area contributed by atoms with Crippen LogP contribution < -0.4 is 10.6 Å². The Morgan fingerprint density at radius 2 is 1.83 bits per heavy atom. The van der Waals surface area contributed by atoms with Crippen LogP contribution in [-0.2, 0) is 4.79 Å². The molecule has 0 radical (unpaired) electrons. The van der Waals surface area contributed by atoms with Gasteiger partial charge >= 0.3 is 0 Å². The first-order valence-electron chi connectivity index (χ1n) is 7.24. The molecule has 0 aliphatic rings. The number of nitrogens with one attached hydrogen (secondary N) is 2. The first-order valence-corrected chi connectivity index (χ1v) is 8.04. The van der Waals surface area contributed by atoms with Gasteiger partial charge in [-0.2, -0.15) is 0 Å². The highest BCUT2D eigenvalue weighted by Gasteiger charge is 2.24. The van der Waals surface area contributed by atoms with E-state index in [1.807, 2.05) is 13.8 Å². The molecule has 0 aliphatic carbocycles. The molecule has 5 nitrogen and oxygen atoms in total. The predicted molar refractivity (Wildman–Crippen MR) is 93.1 cm³/mol. The van der Waals surface area contributed by atoms with Crippen LogP contribution in [-0.4, -0.2) is 22.8 Å². The maximum atomic E-state index is 12.4. The number of benzene rings is 1. The Morgan fingerprint density at radius 3 is 2.39 bits per heavy atom. The monoisotopic (exact) mass is 375 g/mol. The molecule has 1 aromatic carbocycles. The number of rotatable bonds is 5. The summed E-state index contributed by atoms with van der Waals surface area (Å²) in [4.78, 5) is 28.7. The summed E-state index contributed by atoms with van der Waals surface area (Å²) >= 11 is 3.33. The van der Waals surface area contributed by atoms with E-state index in [0.29, 0.717) is 11.3 Å². The lowest BCUT2D eigenvalue weighted by molar-refractivity contribution is -0.118. The average Bonchev–Trinajstić information content (AvgIpc) is 2.53. The van der Waals surface area contributed by atoms with Crippen LogP contribution in [0.4, 0.5) is 5.69 Å². The number of pyridine rings is 1. The summed E-state index contributed by atoms with van der Waals surface area (Å²) in [6, 6.07) is 9.83. The molecule has 6 heteroatoms. The van der Waals surface area contributed by atoms with Crippen molar-refractivity contribution in [3.05, 3.63) is 58.8 Å². The topological polar surface area (TPSA) is 71.1 Å². The van der Waals surface area contributed by atoms with Gasteiger partial charge in [0.15, 0.2) is 0 Å². The van der Waals surface area contributed by atoms with Crippen molar-refractivity contribution in [2.75, 3.05) is 5.32 Å². The first-order chi connectivity index (χ1) is 11.0. The lowest BCUT2D eigenvalue weighted by Gasteiger charge is -2.21. The second-order valence-electron chi connectivity index (χ2n) is 5.43. The third kappa shape index (κ3) is 4.89. The molecule has 0 fully saturated rings. The highest BCUT2D eigenvalue weighted by Crippen LogP contribution is 2.12. The molecule has 0 spiro atoms. The van der Waals surface area contributed by atoms with E-state index >= 15 is 0 Å². The molecule has 1 aromatic heterocycles. The minimum absolute atomic E-state index is 0.0499. The van der Waals surface area contributed by atoms with Crippen molar-refractivity contribution in [1.29, 1.82) is 0 Å². The van der Waals surface area contributed by atoms with Gasteiger partial charge in [-0.1, -0.05) is 29.8 Å². The predicted octanol–water partition coefficient (Wildman–Crippen LogP) is 3.24. The summed E-state index contributed by atoms with van der Waals surface area (Å²) in [6.07, 6.45) is 3.19. The molecule has 23 heavy (non-hydrogen) atoms. The van der Waals surface area contributed by atoms with Crippen molar-refractivity contribution in [3.8, 4) is 0 Å². The lowest BCUT2D eigenvalue weighted by Crippen LogP contribution is -2.47. The molecule has 120 valence electrons. The number of hydrogen-bond acceptors (Lipinski definition) is 3. The number of carbonyl (C=O) groups excluding carboxylic acids is 2. The zero-order chi connectivity index (χ0) is 16.8. The van der Waals surface area contributed by atoms with Crippen LogP contribution in [0.3, 0.4) is 0 Å². The third-order valence-electron chi connectivity index (χ3n) is 3.27. The summed E-state index contributed by atoms with van der Waals surface area (Å²) in [5, 5.41) is 5.55. The maximum Gasteiger partial charge on any atom is 0.251 e. The Labute approximate surface area is 143 Å². The average molecular weight is 376 g/mol. The molecule has 2 rings (SSSR count). The number of anilines is 1. The van der Waals surface area contributed by atoms with E-state index in [-0.39, 0.29) is 17.7 Å². The van der Waals surface area contributed by atoms with Crippen molar-refractivity contribution >= 4 is 33.4 Å². The van der Waals surface area contributed by atoms with Crippen LogP contribution in [0.5, 0.6) is 0 Å². The zero-order valence-corrected chi connectivity index (χ0v) is 14.5. The number of aromatic nitrogens is 1. The van der Waals surface area contributed by atoms with Gasteiger partial charge < -0.3 is 10.6 Å². The minimum atomic E-state index is -0.633. The largest absolute Gasteiger partial charge is 0.340 e. The maximum absolute atomic E-state index is 12.4. The van der Waals surface area contributed by atoms with Crippen LogP contribution in [0.25, 0.3) is 0 Å². The molecule has 0 saturated heterocycles. The van der Waals surface area contributed by atoms with E-state index in [0.717, 1.165) is 4.47 Å². The van der Waals surface area contributed by atoms with Crippen molar-refractivity contribution in [1.82, 2.24) is 10.3 Å². The van der Waals surface area contributed by atoms with Gasteiger partial charge in [0.25, 0.3) is 5.91 Å². The number of carbonyl (C=O) groups is 2. The van der Waals surface area contributed by atoms with Crippen molar-refractivity contribution in [2.24, 2.45) is 5.92 Å². The second-order valence-corrected chi connectivity index (χ2v) is 6.35. The molecular weight excluding hydrogens is 358 g/mol. The molecule has 2 amide bonds. The summed E-state index contributed by atoms with van der Waals surface area (Å²) in [5.41, 5.74) is 1.11. The number of nitrogens with zero attached hydrogens (tertiary/aromatic N) is 1. The van der Waals surface area contributed by atoms with Crippen molar-refractivity contribution in [2.45, 2.75) is 19.9 Å². The smallest absolute Gasteiger partial charge is 0.251 e. The van der Waals surface area contributed by atoms with Gasteiger partial charge in [-0.3, -0.25) is 14.6 Å². The van der Waals surface area contributed by atoms with Crippen LogP contribution in [0.2, 0.25) is 0 Å². The molecule has 0 bridgehead atoms. The van der Waals surface area contributed by atoms with E-state index in [1.165, 1.54) is 0 Å². The molecular formula is C17H18BrN3O2. The first kappa shape index (κ1) is 17.1. The highest BCUT2D eigenvalue weighted by atomic mass is 79.9. The van der Waals surface area contributed by atoms with Crippen LogP contribution in [0.1, 0.15) is 24.2 Å². The van der Waals surface area contributed by atoms with Crippen molar-refractivity contribution in [3.63, 3.8) is 0 Å². The molecule has 2 aromatic rings. The lowest BCUT2D eigenvalue weighted by atomic mass is 10.0. The fraction of sp³-hybridized carbons (Fsp3) is 0.235. The summed E-state index contributed by atoms with van der Waals surface area (Å²) in [6.45, 7) is 3.77. The fourth-order valence-electron chi connectivity index (χ4n) is 2.02. The van der Waals surface area contributed by atoms with Crippen LogP contribution >= 0.6 is 15.9 Å². The Kier molecular flexibility index (Phi) is 5.87. The third-order valence-corrected chi connectivity index (χ3v) is 3.80. The van der Waals surface area contributed by atoms with Gasteiger partial charge in [0.05, 0.1) is 11.9 Å². The van der Waals surface area contributed by atoms with E-state index in [9.17, 15) is 9.59 Å². The zero-order valence-electron chi connectivity index (χ0n) is 12.9. The van der Waals surface area contributed by atoms with E-state index in [2.05, 4.69) is 31.5 Å². The summed E-state index contributed by atoms with van der Waals surface area (Å²) < 4.78 is 0.892. The van der Waals surface area contributed by atoms with Gasteiger partial charge in [0.2, 0.25) is 5.91 Å². The normalized spacial score (nSPS) is 11.8. The molecule has 0 aliphatic heterocycles. The number of hydrogen-bond donors (Lipinski definition) is 2. The molecule has 1 atom stereocenters. The van der Waals surface area contributed by atoms with E-state index < -0.39 is 6.04 Å². The number of halogens is 1. The minimum Gasteiger partial charge on any atom is -0.340 e. The van der Waals surface area contributed by atoms with Gasteiger partial charge in [-0.05, 0) is 42.3 Å². The van der Waals surface area contributed by atoms with Gasteiger partial charge in [0, 0.05) is 16.2 Å². The quantitative estimate of drug-likeness (QED) is 0.842. The summed E-state index contributed by atoms with van der Waals surface area (Å²) in [5.74, 6) is -0.595. The van der Waals surface area contributed by atoms with E-state index in [1.54, 1.807) is 48.8 Å². The second kappa shape index (κ2) is 7.87. The van der Waals surface area contributed by atoms with E-state index in [4.69, 9.17) is 0 Å². The molecule has 2 N–H and O–H groups in total. The number of amides is 2. The standard InChI is InChI=1S/C17H18BrN3O2/c1-11(2)15(17(23)20-14-4-3-9-19-10-14)21-16(22)12-5-7-13(18)8-6-12/h3-11,15H,1-2H3,(H,20,23)(H,21,22)/t15-/m1/s1. The highest BCUT2D eigenvalue weighted by molar-refractivity contribution is 9.10. The summed E-state index contributed by atoms with van der Waals surface area (Å²) in [7, 11) is 0. The van der Waals surface area contributed by atoms with Crippen LogP contribution in [0, 0.1) is 5.92 Å². The van der Waals surface area contributed by atoms with Gasteiger partial charge in [-0.25, -0.2) is 0 Å². The Morgan fingerprint density at radius 1 is 1.13 bits per heavy atom. The van der Waals surface area contributed by atoms with Gasteiger partial charge in [0.1, 0.15) is 6.04 Å². The van der Waals surface area contributed by atoms with Gasteiger partial charge in [-0.15, -0.1) is 0 Å². The Bertz CT molecular complexity index is 672. The SMILES string of the molecule is CC(C)[C@@H](NC(=O)c1ccc(Br)cc1)C(=O)Nc1cccnc1. The Balaban J connectivity index is 2.07. The molecule has 1 heterocycles. The van der Waals surface area contributed by atoms with Crippen molar-refractivity contribution < 1.29 is 9.59 Å². The Hall–Kier alpha value is -2.21. The molecule has 0 unspecified atom stereocenters.